The van der Waals surface area contributed by atoms with Crippen LogP contribution in [0.15, 0.2) is 24.4 Å². The lowest BCUT2D eigenvalue weighted by Crippen LogP contribution is -2.44. The van der Waals surface area contributed by atoms with Gasteiger partial charge in [-0.05, 0) is 36.1 Å². The average Bonchev–Trinajstić information content (AvgIpc) is 3.28. The Morgan fingerprint density at radius 2 is 2.00 bits per heavy atom. The largest absolute Gasteiger partial charge is 0.493 e. The standard InChI is InChI=1S/C28H38F3N5O4/c1-2-3-4-5-6-7-24-23-16-22(40-13-10-21-17-36-27(34-21)32-11-12-33-36)9-8-19(23)14-20(15-25(37)38)26(39)35(24)18-28(29,30)31/h8-9,16-17,20,24,33H,2-7,10-15,18H2,1H3,(H,32,34)(H,37,38). The molecule has 3 N–H and O–H groups in total. The van der Waals surface area contributed by atoms with Gasteiger partial charge in [-0.3, -0.25) is 9.59 Å². The number of ether oxygens (including phenoxy) is 1. The quantitative estimate of drug-likeness (QED) is 0.296. The number of unbranched alkanes of at least 4 members (excludes halogenated alkanes) is 4. The number of nitrogens with one attached hydrogen (secondary N) is 2. The number of aliphatic carboxylic acids is 1. The first kappa shape index (κ1) is 29.5. The van der Waals surface area contributed by atoms with Gasteiger partial charge in [0, 0.05) is 19.5 Å². The van der Waals surface area contributed by atoms with E-state index in [1.165, 1.54) is 0 Å². The summed E-state index contributed by atoms with van der Waals surface area (Å²) in [5.74, 6) is -1.81. The Morgan fingerprint density at radius 3 is 2.73 bits per heavy atom. The van der Waals surface area contributed by atoms with Crippen molar-refractivity contribution in [1.82, 2.24) is 14.6 Å². The van der Waals surface area contributed by atoms with Crippen molar-refractivity contribution >= 4 is 17.8 Å². The zero-order valence-electron chi connectivity index (χ0n) is 22.8. The smallest absolute Gasteiger partial charge is 0.406 e. The number of anilines is 1. The maximum absolute atomic E-state index is 13.7. The fraction of sp³-hybridized carbons (Fsp3) is 0.607. The van der Waals surface area contributed by atoms with Crippen LogP contribution >= 0.6 is 0 Å². The molecule has 0 saturated carbocycles. The lowest BCUT2D eigenvalue weighted by atomic mass is 9.91. The number of fused-ring (bicyclic) bond motifs is 2. The van der Waals surface area contributed by atoms with E-state index in [4.69, 9.17) is 4.74 Å². The summed E-state index contributed by atoms with van der Waals surface area (Å²) in [6.45, 7) is 2.55. The molecule has 0 aliphatic carbocycles. The Balaban J connectivity index is 1.57. The molecule has 12 heteroatoms. The number of carboxylic acid groups (broad SMARTS) is 1. The molecule has 9 nitrogen and oxygen atoms in total. The zero-order valence-corrected chi connectivity index (χ0v) is 22.8. The van der Waals surface area contributed by atoms with Crippen LogP contribution in [0.4, 0.5) is 19.1 Å². The van der Waals surface area contributed by atoms with Crippen molar-refractivity contribution in [2.24, 2.45) is 5.92 Å². The number of nitrogens with zero attached hydrogens (tertiary/aromatic N) is 3. The van der Waals surface area contributed by atoms with Crippen LogP contribution < -0.4 is 15.5 Å². The second-order valence-corrected chi connectivity index (χ2v) is 10.5. The van der Waals surface area contributed by atoms with Crippen LogP contribution in [0.3, 0.4) is 0 Å². The van der Waals surface area contributed by atoms with E-state index in [0.29, 0.717) is 42.7 Å². The number of amides is 1. The Labute approximate surface area is 232 Å². The number of rotatable bonds is 13. The summed E-state index contributed by atoms with van der Waals surface area (Å²) in [5, 5.41) is 12.6. The highest BCUT2D eigenvalue weighted by molar-refractivity contribution is 5.84. The molecule has 2 atom stereocenters. The van der Waals surface area contributed by atoms with Crippen LogP contribution in [0.1, 0.15) is 74.7 Å². The molecular weight excluding hydrogens is 527 g/mol. The number of hydrogen-bond acceptors (Lipinski definition) is 6. The van der Waals surface area contributed by atoms with Gasteiger partial charge in [-0.2, -0.15) is 13.2 Å². The minimum Gasteiger partial charge on any atom is -0.493 e. The molecule has 40 heavy (non-hydrogen) atoms. The summed E-state index contributed by atoms with van der Waals surface area (Å²) >= 11 is 0. The molecule has 220 valence electrons. The molecule has 2 aromatic rings. The van der Waals surface area contributed by atoms with E-state index in [-0.39, 0.29) is 6.42 Å². The molecule has 1 aromatic carbocycles. The lowest BCUT2D eigenvalue weighted by Gasteiger charge is -2.33. The summed E-state index contributed by atoms with van der Waals surface area (Å²) in [4.78, 5) is 30.3. The second-order valence-electron chi connectivity index (χ2n) is 10.5. The first-order valence-corrected chi connectivity index (χ1v) is 14.0. The molecule has 1 amide bonds. The summed E-state index contributed by atoms with van der Waals surface area (Å²) < 4.78 is 49.0. The maximum Gasteiger partial charge on any atom is 0.406 e. The highest BCUT2D eigenvalue weighted by Crippen LogP contribution is 2.39. The van der Waals surface area contributed by atoms with Gasteiger partial charge in [-0.1, -0.05) is 45.1 Å². The van der Waals surface area contributed by atoms with Crippen molar-refractivity contribution < 1.29 is 32.6 Å². The van der Waals surface area contributed by atoms with E-state index in [1.807, 2.05) is 10.9 Å². The van der Waals surface area contributed by atoms with Crippen molar-refractivity contribution in [3.05, 3.63) is 41.2 Å². The average molecular weight is 566 g/mol. The molecule has 0 saturated heterocycles. The van der Waals surface area contributed by atoms with Crippen molar-refractivity contribution in [2.45, 2.75) is 76.9 Å². The minimum absolute atomic E-state index is 0.0711. The van der Waals surface area contributed by atoms with Crippen molar-refractivity contribution in [3.63, 3.8) is 0 Å². The van der Waals surface area contributed by atoms with E-state index < -0.39 is 43.0 Å². The van der Waals surface area contributed by atoms with Crippen molar-refractivity contribution in [3.8, 4) is 5.75 Å². The molecule has 4 rings (SSSR count). The summed E-state index contributed by atoms with van der Waals surface area (Å²) in [5.41, 5.74) is 5.32. The predicted octanol–water partition coefficient (Wildman–Crippen LogP) is 4.91. The number of alkyl halides is 3. The van der Waals surface area contributed by atoms with Gasteiger partial charge in [-0.25, -0.2) is 9.66 Å². The first-order chi connectivity index (χ1) is 19.1. The van der Waals surface area contributed by atoms with Crippen LogP contribution in [0, 0.1) is 5.92 Å². The van der Waals surface area contributed by atoms with Gasteiger partial charge in [0.2, 0.25) is 11.9 Å². The Bertz CT molecular complexity index is 1150. The van der Waals surface area contributed by atoms with Gasteiger partial charge >= 0.3 is 12.1 Å². The molecule has 0 radical (unpaired) electrons. The highest BCUT2D eigenvalue weighted by atomic mass is 19.4. The normalized spacial score (nSPS) is 18.8. The van der Waals surface area contributed by atoms with Gasteiger partial charge in [0.25, 0.3) is 0 Å². The fourth-order valence-electron chi connectivity index (χ4n) is 5.49. The Morgan fingerprint density at radius 1 is 1.20 bits per heavy atom. The lowest BCUT2D eigenvalue weighted by molar-refractivity contribution is -0.169. The minimum atomic E-state index is -4.62. The number of hydrogen-bond donors (Lipinski definition) is 3. The SMILES string of the molecule is CCCCCCCC1c2cc(OCCc3cn4c(n3)NCCN4)ccc2CC(CC(=O)O)C(=O)N1CC(F)(F)F. The van der Waals surface area contributed by atoms with E-state index >= 15 is 0 Å². The summed E-state index contributed by atoms with van der Waals surface area (Å²) in [6.07, 6.45) is 2.27. The molecule has 3 heterocycles. The second kappa shape index (κ2) is 13.3. The number of benzene rings is 1. The van der Waals surface area contributed by atoms with Gasteiger partial charge in [0.15, 0.2) is 0 Å². The molecule has 2 aliphatic rings. The number of imidazole rings is 1. The summed E-state index contributed by atoms with van der Waals surface area (Å²) in [6, 6.07) is 4.41. The topological polar surface area (TPSA) is 109 Å². The van der Waals surface area contributed by atoms with Crippen molar-refractivity contribution in [2.75, 3.05) is 37.0 Å². The fourth-order valence-corrected chi connectivity index (χ4v) is 5.49. The van der Waals surface area contributed by atoms with Crippen LogP contribution in [0.2, 0.25) is 0 Å². The van der Waals surface area contributed by atoms with Gasteiger partial charge < -0.3 is 25.5 Å². The molecule has 2 unspecified atom stereocenters. The summed E-state index contributed by atoms with van der Waals surface area (Å²) in [7, 11) is 0. The van der Waals surface area contributed by atoms with Crippen LogP contribution in [-0.4, -0.2) is 64.0 Å². The number of halogens is 3. The number of carbonyl (C=O) groups is 2. The number of carboxylic acids is 1. The predicted molar refractivity (Wildman–Crippen MR) is 144 cm³/mol. The van der Waals surface area contributed by atoms with Crippen LogP contribution in [0.25, 0.3) is 0 Å². The maximum atomic E-state index is 13.7. The molecule has 0 spiro atoms. The monoisotopic (exact) mass is 565 g/mol. The van der Waals surface area contributed by atoms with Gasteiger partial charge in [0.05, 0.1) is 36.9 Å². The van der Waals surface area contributed by atoms with Crippen LogP contribution in [-0.2, 0) is 22.4 Å². The third kappa shape index (κ3) is 7.82. The van der Waals surface area contributed by atoms with E-state index in [9.17, 15) is 27.9 Å². The Hall–Kier alpha value is -3.44. The highest BCUT2D eigenvalue weighted by Gasteiger charge is 2.42. The Kier molecular flexibility index (Phi) is 9.80. The van der Waals surface area contributed by atoms with Crippen molar-refractivity contribution in [1.29, 1.82) is 0 Å². The molecular formula is C28H38F3N5O4. The number of carbonyl (C=O) groups excluding carboxylic acids is 1. The van der Waals surface area contributed by atoms with Gasteiger partial charge in [0.1, 0.15) is 12.3 Å². The molecule has 0 bridgehead atoms. The molecule has 2 aliphatic heterocycles. The van der Waals surface area contributed by atoms with Crippen LogP contribution in [0.5, 0.6) is 5.75 Å². The van der Waals surface area contributed by atoms with E-state index in [0.717, 1.165) is 55.3 Å². The zero-order chi connectivity index (χ0) is 28.7. The van der Waals surface area contributed by atoms with Gasteiger partial charge in [-0.15, -0.1) is 0 Å². The third-order valence-corrected chi connectivity index (χ3v) is 7.38. The first-order valence-electron chi connectivity index (χ1n) is 14.0. The molecule has 1 aromatic heterocycles. The van der Waals surface area contributed by atoms with E-state index in [2.05, 4.69) is 22.7 Å². The third-order valence-electron chi connectivity index (χ3n) is 7.38. The molecule has 0 fully saturated rings. The van der Waals surface area contributed by atoms with E-state index in [1.54, 1.807) is 18.2 Å². The number of aromatic nitrogens is 2.